The first kappa shape index (κ1) is 21.4. The number of ether oxygens (including phenoxy) is 1. The Morgan fingerprint density at radius 1 is 1.13 bits per heavy atom. The van der Waals surface area contributed by atoms with Crippen molar-refractivity contribution >= 4 is 23.0 Å². The number of hydrogen-bond acceptors (Lipinski definition) is 3. The number of aliphatic carboxylic acids is 1. The van der Waals surface area contributed by atoms with E-state index in [1.807, 2.05) is 35.0 Å². The van der Waals surface area contributed by atoms with Crippen LogP contribution in [0.2, 0.25) is 0 Å². The first-order chi connectivity index (χ1) is 14.1. The van der Waals surface area contributed by atoms with Gasteiger partial charge in [-0.1, -0.05) is 30.3 Å². The van der Waals surface area contributed by atoms with Gasteiger partial charge in [-0.2, -0.15) is 0 Å². The minimum absolute atomic E-state index is 0.103. The largest absolute Gasteiger partial charge is 0.480 e. The molecule has 0 saturated heterocycles. The number of para-hydroxylation sites is 1. The lowest BCUT2D eigenvalue weighted by Crippen LogP contribution is -2.44. The number of hydrogen-bond donors (Lipinski definition) is 2. The SMILES string of the molecule is CC(C)(C)OC(=O)NC(Cc1cn(Cc2ccc(F)cc2)c2ccccc12)C(=O)O. The molecule has 1 aromatic heterocycles. The number of alkyl carbamates (subject to hydrolysis) is 1. The number of carboxylic acids is 1. The Balaban J connectivity index is 1.86. The standard InChI is InChI=1S/C23H25FN2O4/c1-23(2,3)30-22(29)25-19(21(27)28)12-16-14-26(20-7-5-4-6-18(16)20)13-15-8-10-17(24)11-9-15/h4-11,14,19H,12-13H2,1-3H3,(H,25,29)(H,27,28). The second-order valence-electron chi connectivity index (χ2n) is 8.17. The number of rotatable bonds is 6. The number of nitrogens with one attached hydrogen (secondary N) is 1. The fraction of sp³-hybridized carbons (Fsp3) is 0.304. The topological polar surface area (TPSA) is 80.6 Å². The molecule has 0 fully saturated rings. The molecule has 1 heterocycles. The van der Waals surface area contributed by atoms with Crippen LogP contribution in [0.25, 0.3) is 10.9 Å². The molecule has 1 unspecified atom stereocenters. The molecule has 7 heteroatoms. The number of carbonyl (C=O) groups is 2. The predicted molar refractivity (Wildman–Crippen MR) is 112 cm³/mol. The van der Waals surface area contributed by atoms with Crippen molar-refractivity contribution < 1.29 is 23.8 Å². The van der Waals surface area contributed by atoms with E-state index in [4.69, 9.17) is 4.74 Å². The Morgan fingerprint density at radius 3 is 2.43 bits per heavy atom. The summed E-state index contributed by atoms with van der Waals surface area (Å²) in [6.07, 6.45) is 1.21. The Labute approximate surface area is 174 Å². The number of carbonyl (C=O) groups excluding carboxylic acids is 1. The molecule has 0 radical (unpaired) electrons. The molecule has 0 saturated carbocycles. The molecule has 1 atom stereocenters. The Bertz CT molecular complexity index is 1050. The summed E-state index contributed by atoms with van der Waals surface area (Å²) in [5.41, 5.74) is 1.91. The van der Waals surface area contributed by atoms with Crippen molar-refractivity contribution in [2.24, 2.45) is 0 Å². The van der Waals surface area contributed by atoms with Crippen LogP contribution in [0, 0.1) is 5.82 Å². The smallest absolute Gasteiger partial charge is 0.408 e. The number of halogens is 1. The first-order valence-corrected chi connectivity index (χ1v) is 9.66. The minimum atomic E-state index is -1.14. The maximum atomic E-state index is 13.2. The quantitative estimate of drug-likeness (QED) is 0.631. The summed E-state index contributed by atoms with van der Waals surface area (Å²) in [7, 11) is 0. The number of nitrogens with zero attached hydrogens (tertiary/aromatic N) is 1. The van der Waals surface area contributed by atoms with Crippen LogP contribution in [0.15, 0.2) is 54.7 Å². The van der Waals surface area contributed by atoms with Gasteiger partial charge in [0.15, 0.2) is 0 Å². The van der Waals surface area contributed by atoms with Crippen LogP contribution in [0.4, 0.5) is 9.18 Å². The average Bonchev–Trinajstić information content (AvgIpc) is 2.99. The molecular weight excluding hydrogens is 387 g/mol. The summed E-state index contributed by atoms with van der Waals surface area (Å²) < 4.78 is 20.4. The van der Waals surface area contributed by atoms with Gasteiger partial charge in [0.25, 0.3) is 0 Å². The van der Waals surface area contributed by atoms with Crippen LogP contribution in [0.1, 0.15) is 31.9 Å². The van der Waals surface area contributed by atoms with Crippen LogP contribution in [0.3, 0.4) is 0 Å². The third-order valence-electron chi connectivity index (χ3n) is 4.55. The highest BCUT2D eigenvalue weighted by Gasteiger charge is 2.25. The van der Waals surface area contributed by atoms with Crippen LogP contribution in [-0.4, -0.2) is 33.4 Å². The van der Waals surface area contributed by atoms with Crippen molar-refractivity contribution in [3.05, 3.63) is 71.7 Å². The third-order valence-corrected chi connectivity index (χ3v) is 4.55. The van der Waals surface area contributed by atoms with Crippen LogP contribution < -0.4 is 5.32 Å². The van der Waals surface area contributed by atoms with Gasteiger partial charge < -0.3 is 19.7 Å². The molecule has 3 aromatic rings. The van der Waals surface area contributed by atoms with Gasteiger partial charge in [-0.15, -0.1) is 0 Å². The maximum absolute atomic E-state index is 13.2. The van der Waals surface area contributed by atoms with Gasteiger partial charge >= 0.3 is 12.1 Å². The normalized spacial score (nSPS) is 12.5. The zero-order chi connectivity index (χ0) is 21.9. The molecular formula is C23H25FN2O4. The van der Waals surface area contributed by atoms with E-state index in [1.165, 1.54) is 12.1 Å². The highest BCUT2D eigenvalue weighted by molar-refractivity contribution is 5.86. The first-order valence-electron chi connectivity index (χ1n) is 9.66. The molecule has 0 bridgehead atoms. The lowest BCUT2D eigenvalue weighted by molar-refractivity contribution is -0.139. The molecule has 0 spiro atoms. The average molecular weight is 412 g/mol. The lowest BCUT2D eigenvalue weighted by atomic mass is 10.1. The number of benzene rings is 2. The van der Waals surface area contributed by atoms with Gasteiger partial charge in [-0.05, 0) is 50.1 Å². The molecule has 0 aliphatic rings. The molecule has 3 rings (SSSR count). The second-order valence-corrected chi connectivity index (χ2v) is 8.17. The Kier molecular flexibility index (Phi) is 6.10. The van der Waals surface area contributed by atoms with Crippen molar-refractivity contribution in [2.45, 2.75) is 45.4 Å². The van der Waals surface area contributed by atoms with Crippen molar-refractivity contribution in [3.8, 4) is 0 Å². The number of amides is 1. The van der Waals surface area contributed by atoms with Crippen LogP contribution >= 0.6 is 0 Å². The maximum Gasteiger partial charge on any atom is 0.408 e. The highest BCUT2D eigenvalue weighted by atomic mass is 19.1. The van der Waals surface area contributed by atoms with E-state index >= 15 is 0 Å². The molecule has 0 aliphatic carbocycles. The molecule has 6 nitrogen and oxygen atoms in total. The summed E-state index contributed by atoms with van der Waals surface area (Å²) in [6.45, 7) is 5.65. The van der Waals surface area contributed by atoms with E-state index in [2.05, 4.69) is 5.32 Å². The van der Waals surface area contributed by atoms with E-state index in [0.29, 0.717) is 6.54 Å². The second kappa shape index (κ2) is 8.57. The van der Waals surface area contributed by atoms with E-state index in [9.17, 15) is 19.1 Å². The number of fused-ring (bicyclic) bond motifs is 1. The van der Waals surface area contributed by atoms with Crippen LogP contribution in [-0.2, 0) is 22.5 Å². The zero-order valence-corrected chi connectivity index (χ0v) is 17.2. The van der Waals surface area contributed by atoms with Crippen molar-refractivity contribution in [2.75, 3.05) is 0 Å². The zero-order valence-electron chi connectivity index (χ0n) is 17.2. The van der Waals surface area contributed by atoms with Crippen molar-refractivity contribution in [1.82, 2.24) is 9.88 Å². The van der Waals surface area contributed by atoms with E-state index in [1.54, 1.807) is 32.9 Å². The fourth-order valence-corrected chi connectivity index (χ4v) is 3.27. The summed E-state index contributed by atoms with van der Waals surface area (Å²) in [6, 6.07) is 12.8. The van der Waals surface area contributed by atoms with Gasteiger partial charge in [-0.25, -0.2) is 14.0 Å². The van der Waals surface area contributed by atoms with Crippen molar-refractivity contribution in [3.63, 3.8) is 0 Å². The summed E-state index contributed by atoms with van der Waals surface area (Å²) in [5.74, 6) is -1.44. The summed E-state index contributed by atoms with van der Waals surface area (Å²) in [5, 5.41) is 12.9. The molecule has 158 valence electrons. The van der Waals surface area contributed by atoms with Gasteiger partial charge in [0.1, 0.15) is 17.5 Å². The Morgan fingerprint density at radius 2 is 1.80 bits per heavy atom. The van der Waals surface area contributed by atoms with Gasteiger partial charge in [0.2, 0.25) is 0 Å². The van der Waals surface area contributed by atoms with E-state index in [-0.39, 0.29) is 12.2 Å². The van der Waals surface area contributed by atoms with Crippen LogP contribution in [0.5, 0.6) is 0 Å². The van der Waals surface area contributed by atoms with Crippen molar-refractivity contribution in [1.29, 1.82) is 0 Å². The molecule has 2 aromatic carbocycles. The van der Waals surface area contributed by atoms with Gasteiger partial charge in [-0.3, -0.25) is 0 Å². The summed E-state index contributed by atoms with van der Waals surface area (Å²) >= 11 is 0. The molecule has 2 N–H and O–H groups in total. The minimum Gasteiger partial charge on any atom is -0.480 e. The molecule has 30 heavy (non-hydrogen) atoms. The highest BCUT2D eigenvalue weighted by Crippen LogP contribution is 2.24. The predicted octanol–water partition coefficient (Wildman–Crippen LogP) is 4.35. The fourth-order valence-electron chi connectivity index (χ4n) is 3.27. The number of carboxylic acid groups (broad SMARTS) is 1. The molecule has 1 amide bonds. The van der Waals surface area contributed by atoms with Gasteiger partial charge in [0.05, 0.1) is 0 Å². The molecule has 0 aliphatic heterocycles. The Hall–Kier alpha value is -3.35. The summed E-state index contributed by atoms with van der Waals surface area (Å²) in [4.78, 5) is 23.8. The monoisotopic (exact) mass is 412 g/mol. The van der Waals surface area contributed by atoms with Gasteiger partial charge in [0, 0.05) is 30.1 Å². The van der Waals surface area contributed by atoms with E-state index in [0.717, 1.165) is 22.0 Å². The van der Waals surface area contributed by atoms with E-state index < -0.39 is 23.7 Å². The number of aromatic nitrogens is 1. The lowest BCUT2D eigenvalue weighted by Gasteiger charge is -2.22. The third kappa shape index (κ3) is 5.37.